The molecule has 0 saturated heterocycles. The molecule has 8 rings (SSSR count). The Labute approximate surface area is 363 Å². The summed E-state index contributed by atoms with van der Waals surface area (Å²) in [5.41, 5.74) is 16.1. The summed E-state index contributed by atoms with van der Waals surface area (Å²) in [7, 11) is 0. The number of fused-ring (bicyclic) bond motifs is 3. The molecule has 0 heterocycles. The van der Waals surface area contributed by atoms with Gasteiger partial charge in [0.05, 0.1) is 0 Å². The van der Waals surface area contributed by atoms with Crippen molar-refractivity contribution < 1.29 is 45.8 Å². The Bertz CT molecular complexity index is 2310. The average molecular weight is 979 g/mol. The summed E-state index contributed by atoms with van der Waals surface area (Å²) in [6, 6.07) is 49.6. The maximum atomic E-state index is 6.57. The molecule has 0 aromatic heterocycles. The van der Waals surface area contributed by atoms with Crippen LogP contribution >= 0.6 is 23.2 Å². The zero-order valence-corrected chi connectivity index (χ0v) is 39.3. The van der Waals surface area contributed by atoms with Crippen LogP contribution in [0, 0.1) is 0 Å². The summed E-state index contributed by atoms with van der Waals surface area (Å²) >= 11 is 9.87. The third kappa shape index (κ3) is 8.18. The van der Waals surface area contributed by atoms with E-state index in [1.54, 1.807) is 3.33 Å². The van der Waals surface area contributed by atoms with Crippen molar-refractivity contribution in [1.82, 2.24) is 0 Å². The number of hydrogen-bond acceptors (Lipinski definition) is 0. The van der Waals surface area contributed by atoms with Crippen molar-refractivity contribution in [2.24, 2.45) is 0 Å². The van der Waals surface area contributed by atoms with Gasteiger partial charge in [0.25, 0.3) is 0 Å². The van der Waals surface area contributed by atoms with Gasteiger partial charge in [-0.05, 0) is 0 Å². The van der Waals surface area contributed by atoms with E-state index in [1.165, 1.54) is 70.0 Å². The molecule has 6 aromatic carbocycles. The number of halogens is 4. The maximum Gasteiger partial charge on any atom is -1.00 e. The van der Waals surface area contributed by atoms with Crippen LogP contribution in [0.1, 0.15) is 85.0 Å². The standard InChI is InChI=1S/C33H33.C13H8Cl2.C5H5.2ClH.Hf/c1-32(2,3)30-20-26-24(18-28(30)22-13-9-7-10-14-22)17-25-19-29(23-15-11-8-12-16-23)31(21-27(25)26)33(4,5)6;14-12-5-1-10(2-6-12)9-11-3-7-13(15)8-4-11;1-2-4-5-3-1;;;/h7-21H,1-6H3;1-8H;1-3H,4H2;2*1H;/q;;;;;+2/p-2. The quantitative estimate of drug-likeness (QED) is 0.147. The Hall–Kier alpha value is -3.30. The maximum absolute atomic E-state index is 6.57. The van der Waals surface area contributed by atoms with Crippen LogP contribution in [0.3, 0.4) is 0 Å². The predicted molar refractivity (Wildman–Crippen MR) is 230 cm³/mol. The molecule has 0 N–H and O–H groups in total. The molecule has 0 nitrogen and oxygen atoms in total. The first-order chi connectivity index (χ1) is 25.9. The molecule has 0 amide bonds. The summed E-state index contributed by atoms with van der Waals surface area (Å²) in [4.78, 5) is 0. The Morgan fingerprint density at radius 2 is 0.946 bits per heavy atom. The van der Waals surface area contributed by atoms with E-state index >= 15 is 0 Å². The van der Waals surface area contributed by atoms with E-state index in [9.17, 15) is 0 Å². The largest absolute Gasteiger partial charge is 1.00 e. The van der Waals surface area contributed by atoms with Gasteiger partial charge < -0.3 is 24.8 Å². The third-order valence-corrected chi connectivity index (χ3v) is 23.7. The van der Waals surface area contributed by atoms with E-state index in [1.807, 2.05) is 0 Å². The molecule has 0 atom stereocenters. The van der Waals surface area contributed by atoms with Gasteiger partial charge in [-0.25, -0.2) is 0 Å². The molecule has 0 bridgehead atoms. The van der Waals surface area contributed by atoms with Gasteiger partial charge in [-0.15, -0.1) is 0 Å². The topological polar surface area (TPSA) is 0 Å². The molecule has 0 saturated carbocycles. The van der Waals surface area contributed by atoms with Crippen LogP contribution in [0.4, 0.5) is 0 Å². The van der Waals surface area contributed by atoms with Crippen molar-refractivity contribution in [3.8, 4) is 33.4 Å². The van der Waals surface area contributed by atoms with Crippen LogP contribution in [-0.2, 0) is 31.8 Å². The minimum atomic E-state index is -3.28. The fourth-order valence-corrected chi connectivity index (χ4v) is 21.8. The molecule has 0 fully saturated rings. The Morgan fingerprint density at radius 1 is 0.536 bits per heavy atom. The summed E-state index contributed by atoms with van der Waals surface area (Å²) in [6.07, 6.45) is 8.09. The number of rotatable bonds is 6. The fraction of sp³-hybridized carbons (Fsp3) is 0.196. The van der Waals surface area contributed by atoms with Gasteiger partial charge in [0, 0.05) is 0 Å². The Kier molecular flexibility index (Phi) is 12.8. The first kappa shape index (κ1) is 42.3. The van der Waals surface area contributed by atoms with E-state index in [0.717, 1.165) is 16.5 Å². The van der Waals surface area contributed by atoms with E-state index in [2.05, 4.69) is 193 Å². The van der Waals surface area contributed by atoms with Crippen molar-refractivity contribution in [1.29, 1.82) is 0 Å². The van der Waals surface area contributed by atoms with Crippen LogP contribution in [0.25, 0.3) is 33.4 Å². The smallest absolute Gasteiger partial charge is 1.00 e. The van der Waals surface area contributed by atoms with Crippen molar-refractivity contribution in [3.63, 3.8) is 0 Å². The fourth-order valence-electron chi connectivity index (χ4n) is 8.46. The second kappa shape index (κ2) is 16.9. The van der Waals surface area contributed by atoms with Gasteiger partial charge >= 0.3 is 342 Å². The molecule has 5 heteroatoms. The van der Waals surface area contributed by atoms with E-state index in [-0.39, 0.29) is 39.3 Å². The Balaban J connectivity index is 0.00000266. The van der Waals surface area contributed by atoms with Crippen LogP contribution in [0.5, 0.6) is 0 Å². The van der Waals surface area contributed by atoms with E-state index < -0.39 is 21.0 Å². The van der Waals surface area contributed by atoms with Gasteiger partial charge in [-0.1, -0.05) is 0 Å². The molecule has 6 aromatic rings. The normalized spacial score (nSPS) is 13.2. The van der Waals surface area contributed by atoms with Crippen molar-refractivity contribution in [3.05, 3.63) is 198 Å². The summed E-state index contributed by atoms with van der Waals surface area (Å²) < 4.78 is 3.36. The number of benzene rings is 6. The van der Waals surface area contributed by atoms with Crippen LogP contribution in [0.15, 0.2) is 155 Å². The monoisotopic (exact) mass is 978 g/mol. The van der Waals surface area contributed by atoms with Gasteiger partial charge in [0.2, 0.25) is 0 Å². The SMILES string of the molecule is CC(C)(C)c1cc2c(cc1-c1ccccc1)[CH]([Hf+2]([C]1=CC=CC1)=[C](c1ccc(Cl)cc1)c1ccc(Cl)cc1)c1cc(-c3ccccc3)c(C(C)(C)C)cc1-2.[Cl-].[Cl-]. The molecule has 2 aliphatic carbocycles. The minimum absolute atomic E-state index is 0. The predicted octanol–water partition coefficient (Wildman–Crippen LogP) is 8.73. The van der Waals surface area contributed by atoms with Crippen molar-refractivity contribution >= 4 is 26.5 Å². The average Bonchev–Trinajstić information content (AvgIpc) is 3.80. The van der Waals surface area contributed by atoms with E-state index in [4.69, 9.17) is 23.2 Å². The van der Waals surface area contributed by atoms with Gasteiger partial charge in [0.1, 0.15) is 0 Å². The molecule has 282 valence electrons. The zero-order valence-electron chi connectivity index (χ0n) is 32.7. The first-order valence-electron chi connectivity index (χ1n) is 19.0. The van der Waals surface area contributed by atoms with Crippen molar-refractivity contribution in [2.75, 3.05) is 0 Å². The third-order valence-electron chi connectivity index (χ3n) is 11.0. The van der Waals surface area contributed by atoms with Crippen LogP contribution in [-0.4, -0.2) is 3.26 Å². The molecule has 0 spiro atoms. The Morgan fingerprint density at radius 3 is 1.30 bits per heavy atom. The summed E-state index contributed by atoms with van der Waals surface area (Å²) in [5, 5.41) is 1.51. The molecular weight excluding hydrogens is 933 g/mol. The summed E-state index contributed by atoms with van der Waals surface area (Å²) in [6.45, 7) is 14.2. The molecule has 0 aliphatic heterocycles. The number of hydrogen-bond donors (Lipinski definition) is 0. The van der Waals surface area contributed by atoms with Crippen LogP contribution < -0.4 is 24.8 Å². The van der Waals surface area contributed by atoms with E-state index in [0.29, 0.717) is 0 Å². The minimum Gasteiger partial charge on any atom is -1.00 e. The number of allylic oxidation sites excluding steroid dienone is 4. The first-order valence-corrected chi connectivity index (χ1v) is 25.4. The molecule has 0 unspecified atom stereocenters. The van der Waals surface area contributed by atoms with Crippen molar-refractivity contribution in [2.45, 2.75) is 62.5 Å². The molecule has 56 heavy (non-hydrogen) atoms. The van der Waals surface area contributed by atoms with Gasteiger partial charge in [-0.2, -0.15) is 0 Å². The van der Waals surface area contributed by atoms with Crippen LogP contribution in [0.2, 0.25) is 10.0 Å². The zero-order chi connectivity index (χ0) is 37.8. The molecule has 0 radical (unpaired) electrons. The van der Waals surface area contributed by atoms with Gasteiger partial charge in [-0.3, -0.25) is 0 Å². The van der Waals surface area contributed by atoms with Gasteiger partial charge in [0.15, 0.2) is 0 Å². The summed E-state index contributed by atoms with van der Waals surface area (Å²) in [5.74, 6) is 0. The second-order valence-corrected chi connectivity index (χ2v) is 26.8. The molecule has 2 aliphatic rings. The second-order valence-electron chi connectivity index (χ2n) is 16.8. The molecular formula is C51H46Cl4Hf.